The second kappa shape index (κ2) is 9.50. The number of benzene rings is 8. The van der Waals surface area contributed by atoms with Gasteiger partial charge in [0.05, 0.1) is 0 Å². The van der Waals surface area contributed by atoms with Crippen LogP contribution in [-0.4, -0.2) is 0 Å². The number of fused-ring (bicyclic) bond motifs is 7. The first-order valence-corrected chi connectivity index (χ1v) is 16.4. The molecule has 1 aliphatic carbocycles. The van der Waals surface area contributed by atoms with E-state index in [1.54, 1.807) is 0 Å². The molecule has 0 radical (unpaired) electrons. The summed E-state index contributed by atoms with van der Waals surface area (Å²) in [5, 5.41) is 11.4. The van der Waals surface area contributed by atoms with Gasteiger partial charge in [0.15, 0.2) is 0 Å². The van der Waals surface area contributed by atoms with E-state index in [2.05, 4.69) is 157 Å². The van der Waals surface area contributed by atoms with E-state index in [0.717, 1.165) is 0 Å². The summed E-state index contributed by atoms with van der Waals surface area (Å²) >= 11 is 1.84. The Morgan fingerprint density at radius 3 is 1.58 bits per heavy atom. The lowest BCUT2D eigenvalue weighted by Gasteiger charge is -2.20. The maximum Gasteiger partial charge on any atom is 0.0427 e. The van der Waals surface area contributed by atoms with Gasteiger partial charge in [0, 0.05) is 15.6 Å². The molecule has 1 heteroatoms. The van der Waals surface area contributed by atoms with E-state index >= 15 is 0 Å². The molecule has 0 N–H and O–H groups in total. The predicted octanol–water partition coefficient (Wildman–Crippen LogP) is 13.0. The van der Waals surface area contributed by atoms with Crippen LogP contribution < -0.4 is 0 Å². The molecular formula is C44H26S. The fourth-order valence-electron chi connectivity index (χ4n) is 7.86. The van der Waals surface area contributed by atoms with E-state index in [1.807, 2.05) is 11.3 Å². The molecule has 0 fully saturated rings. The van der Waals surface area contributed by atoms with Gasteiger partial charge in [-0.2, -0.15) is 0 Å². The Hall–Kier alpha value is -5.50. The molecule has 0 unspecified atom stereocenters. The van der Waals surface area contributed by atoms with Gasteiger partial charge in [-0.3, -0.25) is 0 Å². The number of thiophene rings is 1. The average Bonchev–Trinajstić information content (AvgIpc) is 3.73. The van der Waals surface area contributed by atoms with Crippen molar-refractivity contribution in [3.8, 4) is 55.6 Å². The Morgan fingerprint density at radius 1 is 0.333 bits per heavy atom. The Kier molecular flexibility index (Phi) is 5.25. The predicted molar refractivity (Wildman–Crippen MR) is 195 cm³/mol. The Morgan fingerprint density at radius 2 is 0.889 bits per heavy atom. The second-order valence-corrected chi connectivity index (χ2v) is 12.9. The van der Waals surface area contributed by atoms with Gasteiger partial charge in [-0.25, -0.2) is 0 Å². The van der Waals surface area contributed by atoms with Gasteiger partial charge in [0.2, 0.25) is 0 Å². The van der Waals surface area contributed by atoms with Crippen LogP contribution in [0.3, 0.4) is 0 Å². The third kappa shape index (κ3) is 3.47. The van der Waals surface area contributed by atoms with Crippen LogP contribution in [0.5, 0.6) is 0 Å². The van der Waals surface area contributed by atoms with E-state index in [1.165, 1.54) is 98.0 Å². The van der Waals surface area contributed by atoms with Gasteiger partial charge >= 0.3 is 0 Å². The molecule has 0 aliphatic heterocycles. The lowest BCUT2D eigenvalue weighted by Crippen LogP contribution is -1.93. The standard InChI is InChI=1S/C44H26S/c1-3-12-27(13-4-1)39-33-18-9-10-19-34(33)40(28-14-5-2-6-15-28)43-37-23-22-31(32-20-11-21-36(41(32)37)42(39)43)38-26-29-16-7-8-17-30(29)35-24-25-45-44(35)38/h1-26H. The van der Waals surface area contributed by atoms with E-state index < -0.39 is 0 Å². The second-order valence-electron chi connectivity index (χ2n) is 12.0. The minimum absolute atomic E-state index is 1.25. The monoisotopic (exact) mass is 586 g/mol. The molecule has 0 amide bonds. The van der Waals surface area contributed by atoms with Crippen molar-refractivity contribution in [2.75, 3.05) is 0 Å². The first-order chi connectivity index (χ1) is 22.4. The summed E-state index contributed by atoms with van der Waals surface area (Å²) in [5.74, 6) is 0. The fraction of sp³-hybridized carbons (Fsp3) is 0. The van der Waals surface area contributed by atoms with Gasteiger partial charge in [-0.15, -0.1) is 11.3 Å². The molecule has 0 nitrogen and oxygen atoms in total. The van der Waals surface area contributed by atoms with Crippen molar-refractivity contribution >= 4 is 53.7 Å². The number of hydrogen-bond acceptors (Lipinski definition) is 1. The largest absolute Gasteiger partial charge is 0.143 e. The van der Waals surface area contributed by atoms with Crippen LogP contribution in [0.2, 0.25) is 0 Å². The minimum atomic E-state index is 1.25. The molecule has 0 saturated carbocycles. The molecule has 1 aromatic heterocycles. The summed E-state index contributed by atoms with van der Waals surface area (Å²) in [4.78, 5) is 0. The molecule has 0 saturated heterocycles. The van der Waals surface area contributed by atoms with E-state index in [9.17, 15) is 0 Å². The molecule has 8 aromatic carbocycles. The van der Waals surface area contributed by atoms with Crippen LogP contribution in [-0.2, 0) is 0 Å². The molecule has 0 atom stereocenters. The van der Waals surface area contributed by atoms with Crippen LogP contribution in [0.1, 0.15) is 0 Å². The zero-order chi connectivity index (χ0) is 29.5. The normalized spacial score (nSPS) is 12.0. The molecule has 1 heterocycles. The van der Waals surface area contributed by atoms with Gasteiger partial charge in [0.25, 0.3) is 0 Å². The highest BCUT2D eigenvalue weighted by Crippen LogP contribution is 2.58. The number of rotatable bonds is 3. The average molecular weight is 587 g/mol. The molecule has 208 valence electrons. The first-order valence-electron chi connectivity index (χ1n) is 15.5. The Bertz CT molecular complexity index is 2530. The lowest BCUT2D eigenvalue weighted by molar-refractivity contribution is 1.62. The Labute approximate surface area is 265 Å². The van der Waals surface area contributed by atoms with E-state index in [-0.39, 0.29) is 0 Å². The molecule has 1 aliphatic rings. The summed E-state index contributed by atoms with van der Waals surface area (Å²) in [5.41, 5.74) is 13.1. The number of hydrogen-bond donors (Lipinski definition) is 0. The van der Waals surface area contributed by atoms with E-state index in [4.69, 9.17) is 0 Å². The van der Waals surface area contributed by atoms with Gasteiger partial charge < -0.3 is 0 Å². The van der Waals surface area contributed by atoms with Crippen molar-refractivity contribution in [2.24, 2.45) is 0 Å². The highest BCUT2D eigenvalue weighted by Gasteiger charge is 2.31. The topological polar surface area (TPSA) is 0 Å². The SMILES string of the molecule is c1ccc(-c2c3c(c(-c4ccccc4)c4ccccc24)-c2ccc(-c4cc5ccccc5c5ccsc45)c4cccc-3c24)cc1. The molecule has 9 aromatic rings. The van der Waals surface area contributed by atoms with Gasteiger partial charge in [0.1, 0.15) is 0 Å². The van der Waals surface area contributed by atoms with Gasteiger partial charge in [-0.05, 0) is 99.9 Å². The summed E-state index contributed by atoms with van der Waals surface area (Å²) in [6.07, 6.45) is 0. The summed E-state index contributed by atoms with van der Waals surface area (Å²) in [6.45, 7) is 0. The van der Waals surface area contributed by atoms with Crippen molar-refractivity contribution < 1.29 is 0 Å². The third-order valence-corrected chi connectivity index (χ3v) is 10.6. The molecule has 0 spiro atoms. The zero-order valence-electron chi connectivity index (χ0n) is 24.4. The molecule has 0 bridgehead atoms. The maximum absolute atomic E-state index is 2.40. The quantitative estimate of drug-likeness (QED) is 0.193. The van der Waals surface area contributed by atoms with Crippen molar-refractivity contribution in [3.05, 3.63) is 157 Å². The highest BCUT2D eigenvalue weighted by atomic mass is 32.1. The van der Waals surface area contributed by atoms with Crippen molar-refractivity contribution in [1.82, 2.24) is 0 Å². The van der Waals surface area contributed by atoms with Gasteiger partial charge in [-0.1, -0.05) is 140 Å². The summed E-state index contributed by atoms with van der Waals surface area (Å²) < 4.78 is 1.35. The van der Waals surface area contributed by atoms with Crippen molar-refractivity contribution in [3.63, 3.8) is 0 Å². The lowest BCUT2D eigenvalue weighted by atomic mass is 9.82. The van der Waals surface area contributed by atoms with Crippen LogP contribution in [0.25, 0.3) is 98.0 Å². The van der Waals surface area contributed by atoms with Crippen molar-refractivity contribution in [2.45, 2.75) is 0 Å². The summed E-state index contributed by atoms with van der Waals surface area (Å²) in [7, 11) is 0. The third-order valence-electron chi connectivity index (χ3n) is 9.67. The Balaban J connectivity index is 1.37. The van der Waals surface area contributed by atoms with Crippen LogP contribution in [0.15, 0.2) is 157 Å². The van der Waals surface area contributed by atoms with E-state index in [0.29, 0.717) is 0 Å². The fourth-order valence-corrected chi connectivity index (χ4v) is 8.80. The van der Waals surface area contributed by atoms with Crippen LogP contribution >= 0.6 is 11.3 Å². The highest BCUT2D eigenvalue weighted by molar-refractivity contribution is 7.18. The molecule has 10 rings (SSSR count). The first kappa shape index (κ1) is 24.9. The molecular weight excluding hydrogens is 561 g/mol. The maximum atomic E-state index is 2.40. The van der Waals surface area contributed by atoms with Crippen molar-refractivity contribution in [1.29, 1.82) is 0 Å². The summed E-state index contributed by atoms with van der Waals surface area (Å²) in [6, 6.07) is 56.1. The molecule has 45 heavy (non-hydrogen) atoms. The minimum Gasteiger partial charge on any atom is -0.143 e. The zero-order valence-corrected chi connectivity index (χ0v) is 25.2. The van der Waals surface area contributed by atoms with Crippen LogP contribution in [0.4, 0.5) is 0 Å². The van der Waals surface area contributed by atoms with Crippen LogP contribution in [0, 0.1) is 0 Å². The smallest absolute Gasteiger partial charge is 0.0427 e.